The quantitative estimate of drug-likeness (QED) is 0.779. The molecule has 1 N–H and O–H groups in total. The number of carbonyl (C=O) groups is 1. The van der Waals surface area contributed by atoms with E-state index in [4.69, 9.17) is 27.9 Å². The molecule has 0 saturated carbocycles. The molecule has 1 aliphatic rings. The van der Waals surface area contributed by atoms with Gasteiger partial charge in [0.1, 0.15) is 0 Å². The predicted octanol–water partition coefficient (Wildman–Crippen LogP) is 4.99. The number of amides is 1. The first-order valence-corrected chi connectivity index (χ1v) is 8.84. The highest BCUT2D eigenvalue weighted by Crippen LogP contribution is 2.39. The van der Waals surface area contributed by atoms with E-state index >= 15 is 0 Å². The molecule has 25 heavy (non-hydrogen) atoms. The van der Waals surface area contributed by atoms with Crippen molar-refractivity contribution in [1.29, 1.82) is 5.26 Å². The first kappa shape index (κ1) is 19.8. The van der Waals surface area contributed by atoms with Gasteiger partial charge in [0, 0.05) is 18.9 Å². The first-order valence-electron chi connectivity index (χ1n) is 8.08. The van der Waals surface area contributed by atoms with Crippen LogP contribution in [0.3, 0.4) is 0 Å². The molecule has 0 spiro atoms. The van der Waals surface area contributed by atoms with Crippen molar-refractivity contribution in [2.45, 2.75) is 39.4 Å². The molecule has 1 amide bonds. The molecule has 0 aliphatic carbocycles. The number of ether oxygens (including phenoxy) is 1. The van der Waals surface area contributed by atoms with E-state index in [1.807, 2.05) is 26.8 Å². The van der Waals surface area contributed by atoms with Crippen molar-refractivity contribution in [3.05, 3.63) is 33.8 Å². The summed E-state index contributed by atoms with van der Waals surface area (Å²) in [6, 6.07) is 7.39. The summed E-state index contributed by atoms with van der Waals surface area (Å²) >= 11 is 12.2. The molecule has 1 aromatic rings. The van der Waals surface area contributed by atoms with Gasteiger partial charge in [-0.05, 0) is 23.1 Å². The molecule has 1 aromatic carbocycles. The zero-order chi connectivity index (χ0) is 18.8. The molecule has 136 valence electrons. The van der Waals surface area contributed by atoms with Crippen LogP contribution in [0.5, 0.6) is 0 Å². The van der Waals surface area contributed by atoms with Crippen LogP contribution in [-0.4, -0.2) is 35.3 Å². The second-order valence-corrected chi connectivity index (χ2v) is 8.21. The topological polar surface area (TPSA) is 73.6 Å². The fourth-order valence-electron chi connectivity index (χ4n) is 2.95. The van der Waals surface area contributed by atoms with Crippen LogP contribution in [0.25, 0.3) is 0 Å². The van der Waals surface area contributed by atoms with Crippen LogP contribution in [0.15, 0.2) is 18.2 Å². The number of nitriles is 1. The average Bonchev–Trinajstić information content (AvgIpc) is 2.70. The summed E-state index contributed by atoms with van der Waals surface area (Å²) in [5.74, 6) is -0.286. The van der Waals surface area contributed by atoms with E-state index in [0.29, 0.717) is 10.0 Å². The molecule has 0 bridgehead atoms. The maximum absolute atomic E-state index is 11.6. The Bertz CT molecular complexity index is 682. The summed E-state index contributed by atoms with van der Waals surface area (Å²) in [6.45, 7) is 6.52. The van der Waals surface area contributed by atoms with Gasteiger partial charge in [-0.2, -0.15) is 5.26 Å². The van der Waals surface area contributed by atoms with Gasteiger partial charge >= 0.3 is 6.09 Å². The van der Waals surface area contributed by atoms with E-state index in [9.17, 15) is 15.2 Å². The maximum atomic E-state index is 11.6. The van der Waals surface area contributed by atoms with Crippen molar-refractivity contribution in [1.82, 2.24) is 4.90 Å². The molecular weight excluding hydrogens is 363 g/mol. The molecule has 1 saturated heterocycles. The van der Waals surface area contributed by atoms with Crippen LogP contribution in [0.4, 0.5) is 4.79 Å². The summed E-state index contributed by atoms with van der Waals surface area (Å²) in [7, 11) is 0. The number of hydrogen-bond donors (Lipinski definition) is 1. The molecule has 3 atom stereocenters. The lowest BCUT2D eigenvalue weighted by Crippen LogP contribution is -2.42. The van der Waals surface area contributed by atoms with Gasteiger partial charge in [0.2, 0.25) is 0 Å². The van der Waals surface area contributed by atoms with Crippen molar-refractivity contribution < 1.29 is 14.6 Å². The van der Waals surface area contributed by atoms with Gasteiger partial charge in [0.15, 0.2) is 0 Å². The molecule has 5 nitrogen and oxygen atoms in total. The number of nitrogens with zero attached hydrogens (tertiary/aromatic N) is 2. The largest absolute Gasteiger partial charge is 0.465 e. The highest BCUT2D eigenvalue weighted by molar-refractivity contribution is 6.42. The number of benzene rings is 1. The second-order valence-electron chi connectivity index (χ2n) is 7.39. The van der Waals surface area contributed by atoms with E-state index in [1.165, 1.54) is 4.90 Å². The summed E-state index contributed by atoms with van der Waals surface area (Å²) in [5, 5.41) is 19.6. The van der Waals surface area contributed by atoms with Crippen LogP contribution >= 0.6 is 23.2 Å². The van der Waals surface area contributed by atoms with E-state index in [1.54, 1.807) is 12.1 Å². The number of carboxylic acid groups (broad SMARTS) is 1. The van der Waals surface area contributed by atoms with Crippen molar-refractivity contribution in [3.8, 4) is 6.07 Å². The maximum Gasteiger partial charge on any atom is 0.407 e. The van der Waals surface area contributed by atoms with Gasteiger partial charge < -0.3 is 14.7 Å². The molecule has 0 aromatic heterocycles. The molecule has 1 fully saturated rings. The Balaban J connectivity index is 2.46. The first-order chi connectivity index (χ1) is 11.6. The van der Waals surface area contributed by atoms with Crippen molar-refractivity contribution >= 4 is 29.3 Å². The summed E-state index contributed by atoms with van der Waals surface area (Å²) in [6.07, 6.45) is -1.56. The number of rotatable bonds is 2. The van der Waals surface area contributed by atoms with E-state index < -0.39 is 12.2 Å². The fraction of sp³-hybridized carbons (Fsp3) is 0.556. The van der Waals surface area contributed by atoms with Gasteiger partial charge in [-0.1, -0.05) is 50.0 Å². The van der Waals surface area contributed by atoms with Gasteiger partial charge in [-0.15, -0.1) is 0 Å². The Morgan fingerprint density at radius 2 is 2.04 bits per heavy atom. The van der Waals surface area contributed by atoms with E-state index in [0.717, 1.165) is 5.56 Å². The smallest absolute Gasteiger partial charge is 0.407 e. The zero-order valence-corrected chi connectivity index (χ0v) is 16.0. The van der Waals surface area contributed by atoms with E-state index in [2.05, 4.69) is 6.07 Å². The van der Waals surface area contributed by atoms with Gasteiger partial charge in [0.05, 0.1) is 34.9 Å². The molecule has 0 radical (unpaired) electrons. The van der Waals surface area contributed by atoms with Crippen molar-refractivity contribution in [2.24, 2.45) is 11.3 Å². The third kappa shape index (κ3) is 4.78. The van der Waals surface area contributed by atoms with Crippen LogP contribution in [0.1, 0.15) is 38.9 Å². The SMILES string of the molecule is CC(C)(C)C1CN(C(=O)O)CC(CC#N)C(c2ccc(Cl)c(Cl)c2)O1. The van der Waals surface area contributed by atoms with E-state index in [-0.39, 0.29) is 36.9 Å². The standard InChI is InChI=1S/C18H22Cl2N2O3/c1-18(2,3)15-10-22(17(23)24)9-12(6-7-21)16(25-15)11-4-5-13(19)14(20)8-11/h4-5,8,12,15-16H,6,9-10H2,1-3H3,(H,23,24). The summed E-state index contributed by atoms with van der Waals surface area (Å²) in [4.78, 5) is 13.0. The Morgan fingerprint density at radius 1 is 1.36 bits per heavy atom. The van der Waals surface area contributed by atoms with Crippen LogP contribution in [0.2, 0.25) is 10.0 Å². The van der Waals surface area contributed by atoms with Crippen LogP contribution in [0, 0.1) is 22.7 Å². The third-order valence-corrected chi connectivity index (χ3v) is 5.18. The molecule has 2 rings (SSSR count). The molecule has 1 aliphatic heterocycles. The molecule has 3 unspecified atom stereocenters. The summed E-state index contributed by atoms with van der Waals surface area (Å²) in [5.41, 5.74) is 0.542. The Kier molecular flexibility index (Phi) is 6.21. The fourth-order valence-corrected chi connectivity index (χ4v) is 3.25. The zero-order valence-electron chi connectivity index (χ0n) is 14.5. The Hall–Kier alpha value is -1.48. The van der Waals surface area contributed by atoms with Crippen molar-refractivity contribution in [2.75, 3.05) is 13.1 Å². The highest BCUT2D eigenvalue weighted by atomic mass is 35.5. The van der Waals surface area contributed by atoms with Crippen molar-refractivity contribution in [3.63, 3.8) is 0 Å². The minimum absolute atomic E-state index is 0.186. The van der Waals surface area contributed by atoms with Gasteiger partial charge in [-0.3, -0.25) is 0 Å². The minimum Gasteiger partial charge on any atom is -0.465 e. The lowest BCUT2D eigenvalue weighted by molar-refractivity contribution is -0.0763. The average molecular weight is 385 g/mol. The minimum atomic E-state index is -1.00. The Labute approximate surface area is 158 Å². The second kappa shape index (κ2) is 7.82. The molecular formula is C18H22Cl2N2O3. The predicted molar refractivity (Wildman–Crippen MR) is 96.8 cm³/mol. The Morgan fingerprint density at radius 3 is 2.56 bits per heavy atom. The highest BCUT2D eigenvalue weighted by Gasteiger charge is 2.39. The van der Waals surface area contributed by atoms with Crippen LogP contribution in [-0.2, 0) is 4.74 Å². The third-order valence-electron chi connectivity index (χ3n) is 4.44. The molecule has 7 heteroatoms. The normalized spacial score (nSPS) is 24.5. The lowest BCUT2D eigenvalue weighted by Gasteiger charge is -2.34. The summed E-state index contributed by atoms with van der Waals surface area (Å²) < 4.78 is 6.34. The van der Waals surface area contributed by atoms with Gasteiger partial charge in [-0.25, -0.2) is 4.79 Å². The van der Waals surface area contributed by atoms with Crippen LogP contribution < -0.4 is 0 Å². The lowest BCUT2D eigenvalue weighted by atomic mass is 9.88. The number of halogens is 2. The van der Waals surface area contributed by atoms with Gasteiger partial charge in [0.25, 0.3) is 0 Å². The number of hydrogen-bond acceptors (Lipinski definition) is 3. The molecule has 1 heterocycles. The monoisotopic (exact) mass is 384 g/mol.